The molecule has 1 aromatic rings. The Morgan fingerprint density at radius 1 is 1.26 bits per heavy atom. The number of hydrogen-bond donors (Lipinski definition) is 1. The van der Waals surface area contributed by atoms with Crippen LogP contribution in [0, 0.1) is 5.82 Å². The SMILES string of the molecule is CCOCCOC(CNC(C)C)c1cccc(F)c1. The Morgan fingerprint density at radius 3 is 2.68 bits per heavy atom. The van der Waals surface area contributed by atoms with Gasteiger partial charge in [0.25, 0.3) is 0 Å². The lowest BCUT2D eigenvalue weighted by atomic mass is 10.1. The number of ether oxygens (including phenoxy) is 2. The summed E-state index contributed by atoms with van der Waals surface area (Å²) in [5, 5.41) is 3.32. The van der Waals surface area contributed by atoms with Crippen molar-refractivity contribution in [1.29, 1.82) is 0 Å². The maximum atomic E-state index is 13.3. The second kappa shape index (κ2) is 9.02. The Bertz CT molecular complexity index is 358. The first-order valence-electron chi connectivity index (χ1n) is 6.81. The van der Waals surface area contributed by atoms with Gasteiger partial charge in [-0.25, -0.2) is 4.39 Å². The molecule has 19 heavy (non-hydrogen) atoms. The van der Waals surface area contributed by atoms with Crippen LogP contribution >= 0.6 is 0 Å². The van der Waals surface area contributed by atoms with Crippen molar-refractivity contribution >= 4 is 0 Å². The van der Waals surface area contributed by atoms with Crippen molar-refractivity contribution in [3.05, 3.63) is 35.6 Å². The van der Waals surface area contributed by atoms with Gasteiger partial charge in [0.15, 0.2) is 0 Å². The molecule has 1 rings (SSSR count). The number of rotatable bonds is 9. The van der Waals surface area contributed by atoms with Crippen LogP contribution in [0.2, 0.25) is 0 Å². The molecular formula is C15H24FNO2. The fraction of sp³-hybridized carbons (Fsp3) is 0.600. The molecule has 0 heterocycles. The van der Waals surface area contributed by atoms with Crippen molar-refractivity contribution in [2.75, 3.05) is 26.4 Å². The van der Waals surface area contributed by atoms with Crippen molar-refractivity contribution in [3.8, 4) is 0 Å². The largest absolute Gasteiger partial charge is 0.379 e. The summed E-state index contributed by atoms with van der Waals surface area (Å²) in [5.74, 6) is -0.236. The smallest absolute Gasteiger partial charge is 0.123 e. The third-order valence-electron chi connectivity index (χ3n) is 2.68. The summed E-state index contributed by atoms with van der Waals surface area (Å²) < 4.78 is 24.3. The van der Waals surface area contributed by atoms with Gasteiger partial charge in [-0.2, -0.15) is 0 Å². The Balaban J connectivity index is 2.57. The Hall–Kier alpha value is -0.970. The second-order valence-electron chi connectivity index (χ2n) is 4.67. The highest BCUT2D eigenvalue weighted by Crippen LogP contribution is 2.17. The van der Waals surface area contributed by atoms with Crippen molar-refractivity contribution < 1.29 is 13.9 Å². The molecule has 0 aliphatic heterocycles. The lowest BCUT2D eigenvalue weighted by Gasteiger charge is -2.20. The lowest BCUT2D eigenvalue weighted by molar-refractivity contribution is 0.00606. The highest BCUT2D eigenvalue weighted by atomic mass is 19.1. The van der Waals surface area contributed by atoms with E-state index < -0.39 is 0 Å². The molecule has 1 N–H and O–H groups in total. The zero-order valence-corrected chi connectivity index (χ0v) is 12.0. The molecule has 0 bridgehead atoms. The van der Waals surface area contributed by atoms with E-state index in [0.29, 0.717) is 32.4 Å². The molecular weight excluding hydrogens is 245 g/mol. The van der Waals surface area contributed by atoms with Crippen molar-refractivity contribution in [2.45, 2.75) is 32.9 Å². The summed E-state index contributed by atoms with van der Waals surface area (Å²) in [5.41, 5.74) is 0.852. The van der Waals surface area contributed by atoms with Gasteiger partial charge in [0.05, 0.1) is 19.3 Å². The highest BCUT2D eigenvalue weighted by molar-refractivity contribution is 5.19. The van der Waals surface area contributed by atoms with Crippen LogP contribution in [-0.2, 0) is 9.47 Å². The van der Waals surface area contributed by atoms with E-state index in [4.69, 9.17) is 9.47 Å². The van der Waals surface area contributed by atoms with E-state index in [1.54, 1.807) is 6.07 Å². The van der Waals surface area contributed by atoms with E-state index in [1.807, 2.05) is 13.0 Å². The van der Waals surface area contributed by atoms with Crippen LogP contribution in [0.4, 0.5) is 4.39 Å². The van der Waals surface area contributed by atoms with Crippen LogP contribution in [0.15, 0.2) is 24.3 Å². The average Bonchev–Trinajstić information content (AvgIpc) is 2.37. The van der Waals surface area contributed by atoms with Crippen LogP contribution in [0.3, 0.4) is 0 Å². The molecule has 0 radical (unpaired) electrons. The zero-order chi connectivity index (χ0) is 14.1. The maximum absolute atomic E-state index is 13.3. The van der Waals surface area contributed by atoms with E-state index in [2.05, 4.69) is 19.2 Å². The first kappa shape index (κ1) is 16.1. The number of halogens is 1. The van der Waals surface area contributed by atoms with Gasteiger partial charge in [0.1, 0.15) is 5.82 Å². The first-order chi connectivity index (χ1) is 9.13. The normalized spacial score (nSPS) is 12.9. The second-order valence-corrected chi connectivity index (χ2v) is 4.67. The van der Waals surface area contributed by atoms with Gasteiger partial charge in [-0.3, -0.25) is 0 Å². The Kier molecular flexibility index (Phi) is 7.63. The minimum Gasteiger partial charge on any atom is -0.379 e. The molecule has 0 saturated carbocycles. The van der Waals surface area contributed by atoms with Gasteiger partial charge >= 0.3 is 0 Å². The molecule has 0 aromatic heterocycles. The first-order valence-corrected chi connectivity index (χ1v) is 6.81. The van der Waals surface area contributed by atoms with Gasteiger partial charge < -0.3 is 14.8 Å². The van der Waals surface area contributed by atoms with Gasteiger partial charge in [0, 0.05) is 19.2 Å². The summed E-state index contributed by atoms with van der Waals surface area (Å²) in [4.78, 5) is 0. The van der Waals surface area contributed by atoms with E-state index in [0.717, 1.165) is 5.56 Å². The van der Waals surface area contributed by atoms with Gasteiger partial charge in [-0.1, -0.05) is 26.0 Å². The molecule has 0 amide bonds. The summed E-state index contributed by atoms with van der Waals surface area (Å²) in [7, 11) is 0. The fourth-order valence-electron chi connectivity index (χ4n) is 1.72. The van der Waals surface area contributed by atoms with Gasteiger partial charge in [-0.05, 0) is 24.6 Å². The predicted molar refractivity (Wildman–Crippen MR) is 74.7 cm³/mol. The van der Waals surface area contributed by atoms with Gasteiger partial charge in [0.2, 0.25) is 0 Å². The van der Waals surface area contributed by atoms with E-state index in [1.165, 1.54) is 12.1 Å². The maximum Gasteiger partial charge on any atom is 0.123 e. The topological polar surface area (TPSA) is 30.5 Å². The summed E-state index contributed by atoms with van der Waals surface area (Å²) in [6, 6.07) is 6.92. The quantitative estimate of drug-likeness (QED) is 0.699. The minimum atomic E-state index is -0.236. The minimum absolute atomic E-state index is 0.154. The highest BCUT2D eigenvalue weighted by Gasteiger charge is 2.13. The van der Waals surface area contributed by atoms with Crippen LogP contribution < -0.4 is 5.32 Å². The molecule has 0 aliphatic carbocycles. The van der Waals surface area contributed by atoms with Crippen LogP contribution in [-0.4, -0.2) is 32.4 Å². The standard InChI is InChI=1S/C15H24FNO2/c1-4-18-8-9-19-15(11-17-12(2)3)13-6-5-7-14(16)10-13/h5-7,10,12,15,17H,4,8-9,11H2,1-3H3. The monoisotopic (exact) mass is 269 g/mol. The molecule has 0 aliphatic rings. The molecule has 1 unspecified atom stereocenters. The van der Waals surface area contributed by atoms with E-state index in [9.17, 15) is 4.39 Å². The third-order valence-corrected chi connectivity index (χ3v) is 2.68. The fourth-order valence-corrected chi connectivity index (χ4v) is 1.72. The van der Waals surface area contributed by atoms with Crippen LogP contribution in [0.25, 0.3) is 0 Å². The van der Waals surface area contributed by atoms with Crippen molar-refractivity contribution in [2.24, 2.45) is 0 Å². The summed E-state index contributed by atoms with van der Waals surface area (Å²) in [6.07, 6.45) is -0.154. The number of hydrogen-bond acceptors (Lipinski definition) is 3. The summed E-state index contributed by atoms with van der Waals surface area (Å²) >= 11 is 0. The Morgan fingerprint density at radius 2 is 2.05 bits per heavy atom. The van der Waals surface area contributed by atoms with E-state index in [-0.39, 0.29) is 11.9 Å². The Labute approximate surface area is 115 Å². The van der Waals surface area contributed by atoms with Crippen LogP contribution in [0.5, 0.6) is 0 Å². The molecule has 3 nitrogen and oxygen atoms in total. The van der Waals surface area contributed by atoms with Crippen LogP contribution in [0.1, 0.15) is 32.4 Å². The lowest BCUT2D eigenvalue weighted by Crippen LogP contribution is -2.29. The molecule has 4 heteroatoms. The third kappa shape index (κ3) is 6.66. The molecule has 0 spiro atoms. The zero-order valence-electron chi connectivity index (χ0n) is 12.0. The van der Waals surface area contributed by atoms with Gasteiger partial charge in [-0.15, -0.1) is 0 Å². The molecule has 0 saturated heterocycles. The predicted octanol–water partition coefficient (Wildman–Crippen LogP) is 2.92. The molecule has 108 valence electrons. The number of benzene rings is 1. The van der Waals surface area contributed by atoms with E-state index >= 15 is 0 Å². The van der Waals surface area contributed by atoms with Crippen molar-refractivity contribution in [1.82, 2.24) is 5.32 Å². The molecule has 0 fully saturated rings. The molecule has 1 atom stereocenters. The summed E-state index contributed by atoms with van der Waals surface area (Å²) in [6.45, 7) is 8.50. The van der Waals surface area contributed by atoms with Crippen molar-refractivity contribution in [3.63, 3.8) is 0 Å². The molecule has 1 aromatic carbocycles. The average molecular weight is 269 g/mol. The number of nitrogens with one attached hydrogen (secondary N) is 1.